The highest BCUT2D eigenvalue weighted by Gasteiger charge is 2.22. The van der Waals surface area contributed by atoms with Crippen LogP contribution in [0.4, 0.5) is 5.69 Å². The Balaban J connectivity index is 2.06. The van der Waals surface area contributed by atoms with Crippen LogP contribution in [0.3, 0.4) is 0 Å². The molecule has 0 saturated heterocycles. The van der Waals surface area contributed by atoms with Crippen LogP contribution in [0.2, 0.25) is 0 Å². The number of nitrogens with one attached hydrogen (secondary N) is 2. The number of aliphatic carboxylic acids is 1. The molecule has 0 unspecified atom stereocenters. The summed E-state index contributed by atoms with van der Waals surface area (Å²) in [7, 11) is 0. The first-order valence-electron chi connectivity index (χ1n) is 9.31. The van der Waals surface area contributed by atoms with Gasteiger partial charge in [-0.05, 0) is 56.5 Å². The molecule has 1 aromatic carbocycles. The lowest BCUT2D eigenvalue weighted by atomic mass is 10.0. The number of aryl methyl sites for hydroxylation is 1. The van der Waals surface area contributed by atoms with Gasteiger partial charge in [0.2, 0.25) is 0 Å². The topological polar surface area (TPSA) is 108 Å². The minimum absolute atomic E-state index is 0.0550. The van der Waals surface area contributed by atoms with Gasteiger partial charge in [-0.3, -0.25) is 14.4 Å². The Kier molecular flexibility index (Phi) is 7.37. The van der Waals surface area contributed by atoms with Crippen molar-refractivity contribution in [2.24, 2.45) is 0 Å². The number of aromatic amines is 1. The third kappa shape index (κ3) is 5.45. The summed E-state index contributed by atoms with van der Waals surface area (Å²) < 4.78 is 5.48. The number of benzene rings is 1. The largest absolute Gasteiger partial charge is 0.494 e. The van der Waals surface area contributed by atoms with E-state index in [1.807, 2.05) is 6.92 Å². The molecule has 2 rings (SSSR count). The molecule has 0 radical (unpaired) electrons. The molecule has 0 aliphatic rings. The van der Waals surface area contributed by atoms with Gasteiger partial charge in [0.15, 0.2) is 5.78 Å². The van der Waals surface area contributed by atoms with Gasteiger partial charge in [-0.1, -0.05) is 13.3 Å². The molecule has 3 N–H and O–H groups in total. The molecule has 0 spiro atoms. The summed E-state index contributed by atoms with van der Waals surface area (Å²) >= 11 is 0. The van der Waals surface area contributed by atoms with Crippen LogP contribution in [0.5, 0.6) is 5.75 Å². The molecule has 7 nitrogen and oxygen atoms in total. The lowest BCUT2D eigenvalue weighted by Gasteiger charge is -2.09. The monoisotopic (exact) mass is 386 g/mol. The molecule has 2 aromatic rings. The highest BCUT2D eigenvalue weighted by atomic mass is 16.5. The van der Waals surface area contributed by atoms with Crippen molar-refractivity contribution in [3.8, 4) is 5.75 Å². The van der Waals surface area contributed by atoms with Gasteiger partial charge in [-0.2, -0.15) is 0 Å². The zero-order valence-corrected chi connectivity index (χ0v) is 16.4. The van der Waals surface area contributed by atoms with Crippen molar-refractivity contribution in [2.75, 3.05) is 11.9 Å². The maximum absolute atomic E-state index is 12.7. The van der Waals surface area contributed by atoms with Crippen molar-refractivity contribution in [3.63, 3.8) is 0 Å². The van der Waals surface area contributed by atoms with E-state index >= 15 is 0 Å². The Hall–Kier alpha value is -3.09. The lowest BCUT2D eigenvalue weighted by molar-refractivity contribution is -0.137. The van der Waals surface area contributed by atoms with Crippen LogP contribution in [0.25, 0.3) is 0 Å². The second kappa shape index (κ2) is 9.73. The highest BCUT2D eigenvalue weighted by Crippen LogP contribution is 2.23. The number of hydrogen-bond donors (Lipinski definition) is 3. The van der Waals surface area contributed by atoms with E-state index in [0.29, 0.717) is 47.8 Å². The van der Waals surface area contributed by atoms with Gasteiger partial charge < -0.3 is 20.1 Å². The number of H-pyrrole nitrogens is 1. The standard InChI is InChI=1S/C21H26N2O5/c1-4-6-17-19(14(3)24)13(2)22-20(17)21(27)23-15-8-10-16(11-9-15)28-12-5-7-18(25)26/h8-11,22H,4-7,12H2,1-3H3,(H,23,27)(H,25,26). The minimum atomic E-state index is -0.850. The van der Waals surface area contributed by atoms with E-state index in [0.717, 1.165) is 12.0 Å². The van der Waals surface area contributed by atoms with Crippen molar-refractivity contribution < 1.29 is 24.2 Å². The van der Waals surface area contributed by atoms with Crippen LogP contribution in [0.15, 0.2) is 24.3 Å². The number of aromatic nitrogens is 1. The quantitative estimate of drug-likeness (QED) is 0.423. The van der Waals surface area contributed by atoms with Crippen LogP contribution < -0.4 is 10.1 Å². The van der Waals surface area contributed by atoms with E-state index in [1.54, 1.807) is 31.2 Å². The second-order valence-corrected chi connectivity index (χ2v) is 6.61. The van der Waals surface area contributed by atoms with Crippen LogP contribution in [0.1, 0.15) is 65.2 Å². The molecule has 150 valence electrons. The average molecular weight is 386 g/mol. The summed E-state index contributed by atoms with van der Waals surface area (Å²) in [5, 5.41) is 11.4. The summed E-state index contributed by atoms with van der Waals surface area (Å²) in [5.41, 5.74) is 3.06. The van der Waals surface area contributed by atoms with Crippen LogP contribution in [-0.2, 0) is 11.2 Å². The molecule has 0 aliphatic carbocycles. The Morgan fingerprint density at radius 3 is 2.43 bits per heavy atom. The molecule has 0 saturated carbocycles. The van der Waals surface area contributed by atoms with Crippen molar-refractivity contribution in [1.29, 1.82) is 0 Å². The maximum Gasteiger partial charge on any atom is 0.303 e. The number of amides is 1. The fraction of sp³-hybridized carbons (Fsp3) is 0.381. The van der Waals surface area contributed by atoms with E-state index in [2.05, 4.69) is 10.3 Å². The molecule has 7 heteroatoms. The predicted molar refractivity (Wildman–Crippen MR) is 106 cm³/mol. The second-order valence-electron chi connectivity index (χ2n) is 6.61. The summed E-state index contributed by atoms with van der Waals surface area (Å²) in [4.78, 5) is 38.2. The van der Waals surface area contributed by atoms with Gasteiger partial charge in [-0.15, -0.1) is 0 Å². The summed E-state index contributed by atoms with van der Waals surface area (Å²) in [6.45, 7) is 5.62. The molecule has 0 fully saturated rings. The Morgan fingerprint density at radius 2 is 1.86 bits per heavy atom. The molecule has 1 aromatic heterocycles. The Morgan fingerprint density at radius 1 is 1.18 bits per heavy atom. The van der Waals surface area contributed by atoms with E-state index in [4.69, 9.17) is 9.84 Å². The van der Waals surface area contributed by atoms with E-state index in [1.165, 1.54) is 6.92 Å². The number of carboxylic acids is 1. The van der Waals surface area contributed by atoms with Gasteiger partial charge in [0.1, 0.15) is 11.4 Å². The molecule has 1 heterocycles. The van der Waals surface area contributed by atoms with Gasteiger partial charge in [0.05, 0.1) is 6.61 Å². The third-order valence-corrected chi connectivity index (χ3v) is 4.29. The number of carboxylic acid groups (broad SMARTS) is 1. The van der Waals surface area contributed by atoms with Gasteiger partial charge in [0.25, 0.3) is 5.91 Å². The smallest absolute Gasteiger partial charge is 0.303 e. The number of rotatable bonds is 10. The Labute approximate surface area is 164 Å². The highest BCUT2D eigenvalue weighted by molar-refractivity contribution is 6.07. The van der Waals surface area contributed by atoms with Crippen molar-refractivity contribution in [2.45, 2.75) is 46.5 Å². The summed E-state index contributed by atoms with van der Waals surface area (Å²) in [6.07, 6.45) is 1.96. The number of carbonyl (C=O) groups excluding carboxylic acids is 2. The molecule has 0 bridgehead atoms. The molecule has 28 heavy (non-hydrogen) atoms. The SMILES string of the molecule is CCCc1c(C(=O)Nc2ccc(OCCCC(=O)O)cc2)[nH]c(C)c1C(C)=O. The van der Waals surface area contributed by atoms with Crippen molar-refractivity contribution in [3.05, 3.63) is 46.8 Å². The Bertz CT molecular complexity index is 852. The van der Waals surface area contributed by atoms with E-state index in [-0.39, 0.29) is 18.1 Å². The maximum atomic E-state index is 12.7. The number of carbonyl (C=O) groups is 3. The number of ether oxygens (including phenoxy) is 1. The average Bonchev–Trinajstić information content (AvgIpc) is 2.96. The zero-order chi connectivity index (χ0) is 20.7. The van der Waals surface area contributed by atoms with E-state index < -0.39 is 5.97 Å². The lowest BCUT2D eigenvalue weighted by Crippen LogP contribution is -2.15. The third-order valence-electron chi connectivity index (χ3n) is 4.29. The fourth-order valence-corrected chi connectivity index (χ4v) is 3.09. The van der Waals surface area contributed by atoms with Gasteiger partial charge in [0, 0.05) is 23.4 Å². The first kappa shape index (κ1) is 21.2. The van der Waals surface area contributed by atoms with Crippen molar-refractivity contribution >= 4 is 23.3 Å². The van der Waals surface area contributed by atoms with Gasteiger partial charge in [-0.25, -0.2) is 0 Å². The van der Waals surface area contributed by atoms with Crippen molar-refractivity contribution in [1.82, 2.24) is 4.98 Å². The molecular formula is C21H26N2O5. The summed E-state index contributed by atoms with van der Waals surface area (Å²) in [6, 6.07) is 6.85. The molecule has 0 atom stereocenters. The van der Waals surface area contributed by atoms with Crippen LogP contribution >= 0.6 is 0 Å². The number of hydrogen-bond acceptors (Lipinski definition) is 4. The first-order chi connectivity index (χ1) is 13.3. The first-order valence-corrected chi connectivity index (χ1v) is 9.31. The zero-order valence-electron chi connectivity index (χ0n) is 16.4. The van der Waals surface area contributed by atoms with Crippen LogP contribution in [0, 0.1) is 6.92 Å². The van der Waals surface area contributed by atoms with Gasteiger partial charge >= 0.3 is 5.97 Å². The number of ketones is 1. The predicted octanol–water partition coefficient (Wildman–Crippen LogP) is 3.97. The number of Topliss-reactive ketones (excluding diaryl/α,β-unsaturated/α-hetero) is 1. The fourth-order valence-electron chi connectivity index (χ4n) is 3.09. The summed E-state index contributed by atoms with van der Waals surface area (Å²) in [5.74, 6) is -0.601. The molecular weight excluding hydrogens is 360 g/mol. The molecule has 1 amide bonds. The number of anilines is 1. The molecule has 0 aliphatic heterocycles. The van der Waals surface area contributed by atoms with Crippen LogP contribution in [-0.4, -0.2) is 34.4 Å². The normalized spacial score (nSPS) is 10.5. The van der Waals surface area contributed by atoms with E-state index in [9.17, 15) is 14.4 Å². The minimum Gasteiger partial charge on any atom is -0.494 e.